The van der Waals surface area contributed by atoms with Crippen LogP contribution in [0.3, 0.4) is 0 Å². The van der Waals surface area contributed by atoms with Crippen LogP contribution in [-0.2, 0) is 21.2 Å². The number of thiophene rings is 1. The standard InChI is InChI=1S/C17H20N2O3S2/c1-18(24(21,22)17-8-5-11-23-17)12-16(20)19(2)15-10-9-13-6-3-4-7-14(13)15/h3-8,11,15H,9-10,12H2,1-2H3/t15-/m1/s1. The van der Waals surface area contributed by atoms with Crippen LogP contribution in [0.2, 0.25) is 0 Å². The van der Waals surface area contributed by atoms with Crippen LogP contribution in [0.1, 0.15) is 23.6 Å². The molecule has 128 valence electrons. The second kappa shape index (κ2) is 6.66. The molecular formula is C17H20N2O3S2. The van der Waals surface area contributed by atoms with E-state index in [0.29, 0.717) is 0 Å². The van der Waals surface area contributed by atoms with Crippen molar-refractivity contribution in [1.82, 2.24) is 9.21 Å². The lowest BCUT2D eigenvalue weighted by atomic mass is 10.1. The summed E-state index contributed by atoms with van der Waals surface area (Å²) in [6, 6.07) is 11.4. The molecule has 2 aromatic rings. The normalized spacial score (nSPS) is 17.0. The zero-order valence-electron chi connectivity index (χ0n) is 13.7. The van der Waals surface area contributed by atoms with E-state index in [1.165, 1.54) is 12.6 Å². The van der Waals surface area contributed by atoms with Crippen molar-refractivity contribution in [3.8, 4) is 0 Å². The molecule has 1 heterocycles. The highest BCUT2D eigenvalue weighted by Crippen LogP contribution is 2.34. The van der Waals surface area contributed by atoms with E-state index >= 15 is 0 Å². The number of benzene rings is 1. The quantitative estimate of drug-likeness (QED) is 0.819. The van der Waals surface area contributed by atoms with Gasteiger partial charge in [0, 0.05) is 14.1 Å². The molecule has 24 heavy (non-hydrogen) atoms. The van der Waals surface area contributed by atoms with Crippen molar-refractivity contribution in [2.24, 2.45) is 0 Å². The summed E-state index contributed by atoms with van der Waals surface area (Å²) in [5.41, 5.74) is 2.43. The van der Waals surface area contributed by atoms with Gasteiger partial charge >= 0.3 is 0 Å². The summed E-state index contributed by atoms with van der Waals surface area (Å²) < 4.78 is 26.3. The van der Waals surface area contributed by atoms with E-state index in [0.717, 1.165) is 34.0 Å². The summed E-state index contributed by atoms with van der Waals surface area (Å²) in [4.78, 5) is 14.3. The van der Waals surface area contributed by atoms with E-state index < -0.39 is 10.0 Å². The lowest BCUT2D eigenvalue weighted by Crippen LogP contribution is -2.40. The van der Waals surface area contributed by atoms with Crippen molar-refractivity contribution >= 4 is 27.3 Å². The molecule has 1 aromatic heterocycles. The zero-order chi connectivity index (χ0) is 17.3. The number of likely N-dealkylation sites (N-methyl/N-ethyl adjacent to an activating group) is 2. The number of carbonyl (C=O) groups is 1. The van der Waals surface area contributed by atoms with Crippen LogP contribution in [-0.4, -0.2) is 44.2 Å². The molecule has 0 saturated carbocycles. The lowest BCUT2D eigenvalue weighted by molar-refractivity contribution is -0.132. The number of hydrogen-bond acceptors (Lipinski definition) is 4. The second-order valence-corrected chi connectivity index (χ2v) is 9.17. The lowest BCUT2D eigenvalue weighted by Gasteiger charge is -2.27. The van der Waals surface area contributed by atoms with Crippen molar-refractivity contribution in [3.05, 3.63) is 52.9 Å². The van der Waals surface area contributed by atoms with Gasteiger partial charge in [0.2, 0.25) is 5.91 Å². The van der Waals surface area contributed by atoms with E-state index in [9.17, 15) is 13.2 Å². The zero-order valence-corrected chi connectivity index (χ0v) is 15.3. The third kappa shape index (κ3) is 3.11. The van der Waals surface area contributed by atoms with Crippen molar-refractivity contribution in [3.63, 3.8) is 0 Å². The van der Waals surface area contributed by atoms with Crippen LogP contribution in [0.15, 0.2) is 46.0 Å². The SMILES string of the molecule is CN(C(=O)CN(C)S(=O)(=O)c1cccs1)[C@@H]1CCc2ccccc21. The molecule has 0 aliphatic heterocycles. The fourth-order valence-corrected chi connectivity index (χ4v) is 5.38. The van der Waals surface area contributed by atoms with Crippen LogP contribution in [0, 0.1) is 0 Å². The van der Waals surface area contributed by atoms with Gasteiger partial charge in [0.05, 0.1) is 12.6 Å². The van der Waals surface area contributed by atoms with Crippen LogP contribution in [0.25, 0.3) is 0 Å². The fourth-order valence-electron chi connectivity index (χ4n) is 3.06. The first-order chi connectivity index (χ1) is 11.4. The maximum Gasteiger partial charge on any atom is 0.252 e. The van der Waals surface area contributed by atoms with Crippen molar-refractivity contribution < 1.29 is 13.2 Å². The van der Waals surface area contributed by atoms with Crippen LogP contribution >= 0.6 is 11.3 Å². The Bertz CT molecular complexity index is 831. The topological polar surface area (TPSA) is 57.7 Å². The van der Waals surface area contributed by atoms with Gasteiger partial charge in [0.15, 0.2) is 0 Å². The molecule has 5 nitrogen and oxygen atoms in total. The average Bonchev–Trinajstić information content (AvgIpc) is 3.23. The maximum atomic E-state index is 12.6. The van der Waals surface area contributed by atoms with E-state index in [2.05, 4.69) is 6.07 Å². The molecule has 0 fully saturated rings. The third-order valence-corrected chi connectivity index (χ3v) is 7.66. The first-order valence-electron chi connectivity index (χ1n) is 7.74. The molecule has 1 aliphatic rings. The molecule has 1 aliphatic carbocycles. The average molecular weight is 364 g/mol. The molecule has 0 unspecified atom stereocenters. The number of hydrogen-bond donors (Lipinski definition) is 0. The number of aryl methyl sites for hydroxylation is 1. The Morgan fingerprint density at radius 2 is 1.96 bits per heavy atom. The summed E-state index contributed by atoms with van der Waals surface area (Å²) in [6.07, 6.45) is 1.82. The summed E-state index contributed by atoms with van der Waals surface area (Å²) >= 11 is 1.16. The van der Waals surface area contributed by atoms with Crippen LogP contribution < -0.4 is 0 Å². The minimum atomic E-state index is -3.60. The monoisotopic (exact) mass is 364 g/mol. The van der Waals surface area contributed by atoms with E-state index in [1.54, 1.807) is 29.5 Å². The Balaban J connectivity index is 1.71. The van der Waals surface area contributed by atoms with E-state index in [1.807, 2.05) is 18.2 Å². The third-order valence-electron chi connectivity index (χ3n) is 4.48. The van der Waals surface area contributed by atoms with Crippen molar-refractivity contribution in [2.45, 2.75) is 23.1 Å². The molecule has 0 N–H and O–H groups in total. The van der Waals surface area contributed by atoms with Gasteiger partial charge in [-0.1, -0.05) is 30.3 Å². The molecule has 3 rings (SSSR count). The Hall–Kier alpha value is -1.70. The number of amides is 1. The highest BCUT2D eigenvalue weighted by molar-refractivity contribution is 7.91. The largest absolute Gasteiger partial charge is 0.338 e. The molecule has 0 saturated heterocycles. The number of sulfonamides is 1. The Labute approximate surface area is 146 Å². The van der Waals surface area contributed by atoms with Crippen LogP contribution in [0.4, 0.5) is 0 Å². The molecule has 1 amide bonds. The molecule has 0 bridgehead atoms. The first kappa shape index (κ1) is 17.1. The van der Waals surface area contributed by atoms with Gasteiger partial charge in [-0.25, -0.2) is 8.42 Å². The molecule has 7 heteroatoms. The van der Waals surface area contributed by atoms with Gasteiger partial charge in [-0.05, 0) is 35.4 Å². The molecule has 1 atom stereocenters. The van der Waals surface area contributed by atoms with Gasteiger partial charge in [-0.2, -0.15) is 4.31 Å². The summed E-state index contributed by atoms with van der Waals surface area (Å²) in [7, 11) is -0.405. The minimum Gasteiger partial charge on any atom is -0.338 e. The van der Waals surface area contributed by atoms with Crippen molar-refractivity contribution in [1.29, 1.82) is 0 Å². The first-order valence-corrected chi connectivity index (χ1v) is 10.1. The fraction of sp³-hybridized carbons (Fsp3) is 0.353. The van der Waals surface area contributed by atoms with Gasteiger partial charge in [0.1, 0.15) is 4.21 Å². The number of rotatable bonds is 5. The van der Waals surface area contributed by atoms with Gasteiger partial charge < -0.3 is 4.90 Å². The highest BCUT2D eigenvalue weighted by Gasteiger charge is 2.31. The maximum absolute atomic E-state index is 12.6. The molecule has 0 spiro atoms. The number of carbonyl (C=O) groups excluding carboxylic acids is 1. The predicted octanol–water partition coefficient (Wildman–Crippen LogP) is 2.51. The summed E-state index contributed by atoms with van der Waals surface area (Å²) in [6.45, 7) is -0.157. The number of fused-ring (bicyclic) bond motifs is 1. The molecule has 1 aromatic carbocycles. The predicted molar refractivity (Wildman–Crippen MR) is 94.4 cm³/mol. The Morgan fingerprint density at radius 1 is 1.21 bits per heavy atom. The molecule has 0 radical (unpaired) electrons. The number of nitrogens with zero attached hydrogens (tertiary/aromatic N) is 2. The Kier molecular flexibility index (Phi) is 4.76. The van der Waals surface area contributed by atoms with Gasteiger partial charge in [-0.3, -0.25) is 4.79 Å². The smallest absolute Gasteiger partial charge is 0.252 e. The van der Waals surface area contributed by atoms with E-state index in [4.69, 9.17) is 0 Å². The molecular weight excluding hydrogens is 344 g/mol. The summed E-state index contributed by atoms with van der Waals surface area (Å²) in [5, 5.41) is 1.71. The second-order valence-electron chi connectivity index (χ2n) is 5.95. The van der Waals surface area contributed by atoms with Gasteiger partial charge in [-0.15, -0.1) is 11.3 Å². The highest BCUT2D eigenvalue weighted by atomic mass is 32.2. The van der Waals surface area contributed by atoms with Crippen molar-refractivity contribution in [2.75, 3.05) is 20.6 Å². The Morgan fingerprint density at radius 3 is 2.67 bits per heavy atom. The summed E-state index contributed by atoms with van der Waals surface area (Å²) in [5.74, 6) is -0.195. The van der Waals surface area contributed by atoms with E-state index in [-0.39, 0.29) is 22.7 Å². The minimum absolute atomic E-state index is 0.0199. The van der Waals surface area contributed by atoms with Crippen LogP contribution in [0.5, 0.6) is 0 Å². The van der Waals surface area contributed by atoms with Gasteiger partial charge in [0.25, 0.3) is 10.0 Å².